The van der Waals surface area contributed by atoms with Crippen molar-refractivity contribution in [2.24, 2.45) is 11.8 Å². The van der Waals surface area contributed by atoms with E-state index in [-0.39, 0.29) is 35.3 Å². The molecule has 1 saturated carbocycles. The Morgan fingerprint density at radius 3 is 2.41 bits per heavy atom. The van der Waals surface area contributed by atoms with Crippen molar-refractivity contribution >= 4 is 28.9 Å². The number of Topliss-reactive ketones (excluding diaryl/α,β-unsaturated/α-hetero) is 2. The van der Waals surface area contributed by atoms with Gasteiger partial charge in [0.1, 0.15) is 22.8 Å². The van der Waals surface area contributed by atoms with Crippen LogP contribution < -0.4 is 10.2 Å². The molecule has 4 aliphatic carbocycles. The number of benzene rings is 1. The molecule has 1 aromatic rings. The zero-order valence-corrected chi connectivity index (χ0v) is 23.8. The molecule has 10 heteroatoms. The molecular formula is C31H35N3O7. The lowest BCUT2D eigenvalue weighted by Crippen LogP contribution is -2.65. The number of ketones is 2. The second-order valence-corrected chi connectivity index (χ2v) is 11.6. The smallest absolute Gasteiger partial charge is 0.258 e. The third kappa shape index (κ3) is 4.14. The topological polar surface area (TPSA) is 151 Å². The average molecular weight is 562 g/mol. The highest BCUT2D eigenvalue weighted by molar-refractivity contribution is 6.25. The average Bonchev–Trinajstić information content (AvgIpc) is 3.43. The van der Waals surface area contributed by atoms with Crippen molar-refractivity contribution in [1.29, 1.82) is 0 Å². The van der Waals surface area contributed by atoms with E-state index in [1.807, 2.05) is 19.0 Å². The summed E-state index contributed by atoms with van der Waals surface area (Å²) in [6.07, 6.45) is 5.17. The summed E-state index contributed by atoms with van der Waals surface area (Å²) in [5.74, 6) is -0.0443. The van der Waals surface area contributed by atoms with Gasteiger partial charge in [0.15, 0.2) is 11.4 Å². The van der Waals surface area contributed by atoms with Crippen LogP contribution in [0, 0.1) is 23.7 Å². The second kappa shape index (κ2) is 10.1. The minimum Gasteiger partial charge on any atom is -0.508 e. The van der Waals surface area contributed by atoms with Crippen LogP contribution in [-0.4, -0.2) is 89.7 Å². The summed E-state index contributed by atoms with van der Waals surface area (Å²) in [5.41, 5.74) is -0.858. The molecule has 0 radical (unpaired) electrons. The highest BCUT2D eigenvalue weighted by Gasteiger charge is 2.64. The Hall–Kier alpha value is -4.07. The number of aliphatic hydroxyl groups is 3. The highest BCUT2D eigenvalue weighted by Crippen LogP contribution is 2.54. The lowest BCUT2D eigenvalue weighted by atomic mass is 9.57. The molecule has 4 aliphatic rings. The third-order valence-electron chi connectivity index (χ3n) is 8.79. The van der Waals surface area contributed by atoms with Gasteiger partial charge < -0.3 is 30.6 Å². The maximum absolute atomic E-state index is 14.1. The summed E-state index contributed by atoms with van der Waals surface area (Å²) >= 11 is 0. The molecule has 0 saturated heterocycles. The molecule has 41 heavy (non-hydrogen) atoms. The van der Waals surface area contributed by atoms with Crippen LogP contribution in [0.25, 0.3) is 5.76 Å². The Morgan fingerprint density at radius 1 is 1.12 bits per heavy atom. The number of rotatable bonds is 3. The zero-order chi connectivity index (χ0) is 30.0. The monoisotopic (exact) mass is 561 g/mol. The molecule has 0 aromatic heterocycles. The summed E-state index contributed by atoms with van der Waals surface area (Å²) < 4.78 is 0. The van der Waals surface area contributed by atoms with Crippen molar-refractivity contribution in [3.8, 4) is 17.6 Å². The van der Waals surface area contributed by atoms with Crippen LogP contribution in [0.4, 0.5) is 5.69 Å². The zero-order valence-electron chi connectivity index (χ0n) is 23.8. The van der Waals surface area contributed by atoms with E-state index >= 15 is 0 Å². The number of carbonyl (C=O) groups excluding carboxylic acids is 3. The number of carbonyl (C=O) groups is 3. The number of anilines is 1. The van der Waals surface area contributed by atoms with Gasteiger partial charge in [-0.15, -0.1) is 0 Å². The lowest BCUT2D eigenvalue weighted by Gasteiger charge is -2.50. The first-order chi connectivity index (χ1) is 19.3. The van der Waals surface area contributed by atoms with Gasteiger partial charge >= 0.3 is 0 Å². The number of phenols is 1. The molecule has 1 fully saturated rings. The van der Waals surface area contributed by atoms with Crippen LogP contribution in [0.15, 0.2) is 34.6 Å². The van der Waals surface area contributed by atoms with Crippen LogP contribution in [0.1, 0.15) is 42.4 Å². The number of nitrogens with one attached hydrogen (secondary N) is 1. The Labute approximate surface area is 238 Å². The lowest BCUT2D eigenvalue weighted by molar-refractivity contribution is -0.153. The highest BCUT2D eigenvalue weighted by atomic mass is 16.3. The molecule has 0 heterocycles. The Morgan fingerprint density at radius 2 is 1.83 bits per heavy atom. The van der Waals surface area contributed by atoms with E-state index in [9.17, 15) is 34.8 Å². The predicted molar refractivity (Wildman–Crippen MR) is 152 cm³/mol. The number of fused-ring (bicyclic) bond motifs is 3. The molecule has 216 valence electrons. The third-order valence-corrected chi connectivity index (χ3v) is 8.79. The van der Waals surface area contributed by atoms with Crippen molar-refractivity contribution in [2.75, 3.05) is 40.1 Å². The summed E-state index contributed by atoms with van der Waals surface area (Å²) in [6.45, 7) is 0. The fourth-order valence-corrected chi connectivity index (χ4v) is 6.82. The second-order valence-electron chi connectivity index (χ2n) is 11.6. The first kappa shape index (κ1) is 28.5. The van der Waals surface area contributed by atoms with Crippen molar-refractivity contribution in [3.63, 3.8) is 0 Å². The van der Waals surface area contributed by atoms with Gasteiger partial charge in [0, 0.05) is 38.3 Å². The van der Waals surface area contributed by atoms with Crippen molar-refractivity contribution in [3.05, 3.63) is 51.3 Å². The number of allylic oxidation sites excluding steroid dienone is 2. The molecule has 10 nitrogen and oxygen atoms in total. The van der Waals surface area contributed by atoms with Gasteiger partial charge in [0.25, 0.3) is 5.91 Å². The van der Waals surface area contributed by atoms with Gasteiger partial charge in [-0.25, -0.2) is 0 Å². The molecule has 0 spiro atoms. The first-order valence-electron chi connectivity index (χ1n) is 13.7. The minimum absolute atomic E-state index is 0.0496. The number of likely N-dealkylation sites (N-methyl/N-ethyl adjacent to an activating group) is 2. The standard InChI is InChI=1S/C31H35N3O7/c1-32-30(40)23-27(37)24(34(4)5)19-13-17-12-18-20(33(2)3)14-16(11-10-15-8-6-7-9-15)25(35)22(18)26(36)21(17)28(38)31(19,41)29(23)39/h8,14,17,19,24,35-36,39,41H,6-7,9,12-13H2,1-5H3,(H,32,40)/t17-,19-,24-,31-/m0/s1. The van der Waals surface area contributed by atoms with E-state index < -0.39 is 58.0 Å². The molecular weight excluding hydrogens is 526 g/mol. The van der Waals surface area contributed by atoms with Gasteiger partial charge in [0.05, 0.1) is 17.2 Å². The Bertz CT molecular complexity index is 1540. The number of hydrogen-bond acceptors (Lipinski definition) is 9. The van der Waals surface area contributed by atoms with E-state index in [1.54, 1.807) is 20.2 Å². The van der Waals surface area contributed by atoms with E-state index in [4.69, 9.17) is 0 Å². The van der Waals surface area contributed by atoms with Crippen LogP contribution in [0.2, 0.25) is 0 Å². The summed E-state index contributed by atoms with van der Waals surface area (Å²) in [7, 11) is 8.13. The minimum atomic E-state index is -2.63. The van der Waals surface area contributed by atoms with Crippen molar-refractivity contribution < 1.29 is 34.8 Å². The summed E-state index contributed by atoms with van der Waals surface area (Å²) in [4.78, 5) is 43.6. The predicted octanol–water partition coefficient (Wildman–Crippen LogP) is 1.75. The van der Waals surface area contributed by atoms with Gasteiger partial charge in [-0.05, 0) is 69.3 Å². The number of nitrogens with zero attached hydrogens (tertiary/aromatic N) is 2. The number of hydrogen-bond donors (Lipinski definition) is 5. The maximum Gasteiger partial charge on any atom is 0.258 e. The molecule has 0 unspecified atom stereocenters. The van der Waals surface area contributed by atoms with E-state index in [0.717, 1.165) is 24.8 Å². The fourth-order valence-electron chi connectivity index (χ4n) is 6.82. The van der Waals surface area contributed by atoms with Gasteiger partial charge in [-0.2, -0.15) is 0 Å². The normalized spacial score (nSPS) is 27.1. The Balaban J connectivity index is 1.73. The SMILES string of the molecule is CNC(=O)C1=C(O)[C@@]2(O)C(=O)C3=C(O)c4c(O)c(C#CC5=CCCC5)cc(N(C)C)c4C[C@H]3C[C@H]2[C@H](N(C)C)C1=O. The number of amides is 1. The number of aromatic hydroxyl groups is 1. The van der Waals surface area contributed by atoms with Gasteiger partial charge in [-0.1, -0.05) is 17.9 Å². The molecule has 1 amide bonds. The molecule has 5 N–H and O–H groups in total. The van der Waals surface area contributed by atoms with E-state index in [2.05, 4.69) is 23.2 Å². The quantitative estimate of drug-likeness (QED) is 0.275. The molecule has 1 aromatic carbocycles. The van der Waals surface area contributed by atoms with Gasteiger partial charge in [-0.3, -0.25) is 19.3 Å². The Kier molecular flexibility index (Phi) is 7.00. The van der Waals surface area contributed by atoms with Crippen molar-refractivity contribution in [2.45, 2.75) is 43.7 Å². The molecule has 5 rings (SSSR count). The van der Waals surface area contributed by atoms with Crippen LogP contribution in [0.5, 0.6) is 5.75 Å². The summed E-state index contributed by atoms with van der Waals surface area (Å²) in [6, 6.07) is 0.675. The fraction of sp³-hybridized carbons (Fsp3) is 0.452. The summed E-state index contributed by atoms with van der Waals surface area (Å²) in [5, 5.41) is 48.3. The van der Waals surface area contributed by atoms with Crippen molar-refractivity contribution in [1.82, 2.24) is 10.2 Å². The van der Waals surface area contributed by atoms with Crippen LogP contribution >= 0.6 is 0 Å². The number of phenolic OH excluding ortho intramolecular Hbond substituents is 1. The molecule has 4 atom stereocenters. The largest absolute Gasteiger partial charge is 0.508 e. The van der Waals surface area contributed by atoms with Crippen LogP contribution in [0.3, 0.4) is 0 Å². The molecule has 0 aliphatic heterocycles. The van der Waals surface area contributed by atoms with E-state index in [1.165, 1.54) is 11.9 Å². The van der Waals surface area contributed by atoms with Gasteiger partial charge in [0.2, 0.25) is 5.78 Å². The first-order valence-corrected chi connectivity index (χ1v) is 13.7. The molecule has 0 bridgehead atoms. The maximum atomic E-state index is 14.1. The number of aliphatic hydroxyl groups excluding tert-OH is 2. The van der Waals surface area contributed by atoms with Crippen LogP contribution in [-0.2, 0) is 20.8 Å². The van der Waals surface area contributed by atoms with E-state index in [0.29, 0.717) is 11.3 Å².